The number of nitrogens with zero attached hydrogens (tertiary/aromatic N) is 2. The van der Waals surface area contributed by atoms with E-state index in [-0.39, 0.29) is 10.6 Å². The van der Waals surface area contributed by atoms with E-state index in [0.717, 1.165) is 0 Å². The van der Waals surface area contributed by atoms with E-state index in [1.807, 2.05) is 29.2 Å². The number of benzene rings is 2. The molecule has 108 valence electrons. The third-order valence-electron chi connectivity index (χ3n) is 3.86. The van der Waals surface area contributed by atoms with Crippen molar-refractivity contribution in [1.29, 1.82) is 0 Å². The second-order valence-electron chi connectivity index (χ2n) is 5.31. The SMILES string of the molecule is C[C@H](O)c1ccc(N2Cc3ccccc3C2)c([N+](=O)[O-])c1. The summed E-state index contributed by atoms with van der Waals surface area (Å²) >= 11 is 0. The first-order chi connectivity index (χ1) is 10.1. The zero-order chi connectivity index (χ0) is 15.0. The molecule has 1 N–H and O–H groups in total. The topological polar surface area (TPSA) is 66.6 Å². The van der Waals surface area contributed by atoms with Crippen molar-refractivity contribution in [3.05, 3.63) is 69.3 Å². The first-order valence-corrected chi connectivity index (χ1v) is 6.84. The molecule has 0 aliphatic carbocycles. The fraction of sp³-hybridized carbons (Fsp3) is 0.250. The number of rotatable bonds is 3. The molecular formula is C16H16N2O3. The molecular weight excluding hydrogens is 268 g/mol. The Morgan fingerprint density at radius 3 is 2.33 bits per heavy atom. The Balaban J connectivity index is 1.98. The summed E-state index contributed by atoms with van der Waals surface area (Å²) in [5, 5.41) is 20.9. The van der Waals surface area contributed by atoms with Gasteiger partial charge in [-0.25, -0.2) is 0 Å². The fourth-order valence-corrected chi connectivity index (χ4v) is 2.72. The first kappa shape index (κ1) is 13.6. The van der Waals surface area contributed by atoms with Gasteiger partial charge < -0.3 is 10.0 Å². The Hall–Kier alpha value is -2.40. The van der Waals surface area contributed by atoms with E-state index in [9.17, 15) is 15.2 Å². The van der Waals surface area contributed by atoms with Crippen molar-refractivity contribution in [3.8, 4) is 0 Å². The van der Waals surface area contributed by atoms with E-state index in [1.165, 1.54) is 17.2 Å². The molecule has 0 fully saturated rings. The average molecular weight is 284 g/mol. The lowest BCUT2D eigenvalue weighted by Gasteiger charge is -2.18. The van der Waals surface area contributed by atoms with Crippen molar-refractivity contribution in [3.63, 3.8) is 0 Å². The third kappa shape index (κ3) is 2.48. The highest BCUT2D eigenvalue weighted by Crippen LogP contribution is 2.36. The summed E-state index contributed by atoms with van der Waals surface area (Å²) in [5.74, 6) is 0. The zero-order valence-corrected chi connectivity index (χ0v) is 11.7. The third-order valence-corrected chi connectivity index (χ3v) is 3.86. The van der Waals surface area contributed by atoms with E-state index in [4.69, 9.17) is 0 Å². The Morgan fingerprint density at radius 1 is 1.19 bits per heavy atom. The predicted molar refractivity (Wildman–Crippen MR) is 80.1 cm³/mol. The smallest absolute Gasteiger partial charge is 0.292 e. The fourth-order valence-electron chi connectivity index (χ4n) is 2.72. The molecule has 3 rings (SSSR count). The van der Waals surface area contributed by atoms with E-state index in [2.05, 4.69) is 0 Å². The molecule has 5 nitrogen and oxygen atoms in total. The van der Waals surface area contributed by atoms with Gasteiger partial charge in [-0.05, 0) is 29.7 Å². The van der Waals surface area contributed by atoms with Crippen LogP contribution in [0.1, 0.15) is 29.7 Å². The van der Waals surface area contributed by atoms with Crippen LogP contribution in [0.25, 0.3) is 0 Å². The molecule has 0 bridgehead atoms. The standard InChI is InChI=1S/C16H16N2O3/c1-11(19)12-6-7-15(16(8-12)18(20)21)17-9-13-4-2-3-5-14(13)10-17/h2-8,11,19H,9-10H2,1H3/t11-/m0/s1. The molecule has 0 spiro atoms. The van der Waals surface area contributed by atoms with Crippen LogP contribution in [0.3, 0.4) is 0 Å². The molecule has 0 unspecified atom stereocenters. The Labute approximate surface area is 122 Å². The summed E-state index contributed by atoms with van der Waals surface area (Å²) in [6.07, 6.45) is -0.714. The maximum absolute atomic E-state index is 11.3. The quantitative estimate of drug-likeness (QED) is 0.694. The minimum atomic E-state index is -0.714. The molecule has 1 aliphatic heterocycles. The largest absolute Gasteiger partial charge is 0.389 e. The van der Waals surface area contributed by atoms with Crippen LogP contribution in [0.5, 0.6) is 0 Å². The summed E-state index contributed by atoms with van der Waals surface area (Å²) in [4.78, 5) is 12.9. The number of fused-ring (bicyclic) bond motifs is 1. The number of nitro benzene ring substituents is 1. The average Bonchev–Trinajstić information content (AvgIpc) is 2.90. The van der Waals surface area contributed by atoms with Crippen molar-refractivity contribution in [2.24, 2.45) is 0 Å². The van der Waals surface area contributed by atoms with Crippen LogP contribution in [0.2, 0.25) is 0 Å². The first-order valence-electron chi connectivity index (χ1n) is 6.84. The van der Waals surface area contributed by atoms with Crippen LogP contribution in [0.15, 0.2) is 42.5 Å². The number of hydrogen-bond donors (Lipinski definition) is 1. The molecule has 2 aromatic rings. The van der Waals surface area contributed by atoms with Gasteiger partial charge in [0.15, 0.2) is 0 Å². The molecule has 1 aliphatic rings. The van der Waals surface area contributed by atoms with E-state index in [1.54, 1.807) is 19.1 Å². The number of nitro groups is 1. The summed E-state index contributed by atoms with van der Waals surface area (Å²) in [5.41, 5.74) is 3.60. The second kappa shape index (κ2) is 5.18. The summed E-state index contributed by atoms with van der Waals surface area (Å²) < 4.78 is 0. The van der Waals surface area contributed by atoms with Crippen molar-refractivity contribution < 1.29 is 10.0 Å². The molecule has 1 heterocycles. The highest BCUT2D eigenvalue weighted by Gasteiger charge is 2.25. The summed E-state index contributed by atoms with van der Waals surface area (Å²) in [7, 11) is 0. The Kier molecular flexibility index (Phi) is 3.35. The van der Waals surface area contributed by atoms with Gasteiger partial charge in [0.2, 0.25) is 0 Å². The van der Waals surface area contributed by atoms with E-state index in [0.29, 0.717) is 24.3 Å². The van der Waals surface area contributed by atoms with Crippen molar-refractivity contribution >= 4 is 11.4 Å². The molecule has 0 saturated carbocycles. The van der Waals surface area contributed by atoms with Crippen LogP contribution >= 0.6 is 0 Å². The maximum Gasteiger partial charge on any atom is 0.292 e. The Bertz CT molecular complexity index is 673. The van der Waals surface area contributed by atoms with Crippen LogP contribution < -0.4 is 4.90 Å². The minimum Gasteiger partial charge on any atom is -0.389 e. The van der Waals surface area contributed by atoms with Gasteiger partial charge >= 0.3 is 0 Å². The lowest BCUT2D eigenvalue weighted by molar-refractivity contribution is -0.384. The normalized spacial score (nSPS) is 14.9. The highest BCUT2D eigenvalue weighted by molar-refractivity contribution is 5.66. The molecule has 0 saturated heterocycles. The molecule has 0 amide bonds. The molecule has 5 heteroatoms. The number of anilines is 1. The molecule has 21 heavy (non-hydrogen) atoms. The van der Waals surface area contributed by atoms with Crippen LogP contribution in [0, 0.1) is 10.1 Å². The molecule has 1 atom stereocenters. The maximum atomic E-state index is 11.3. The number of aliphatic hydroxyl groups excluding tert-OH is 1. The van der Waals surface area contributed by atoms with Gasteiger partial charge in [-0.15, -0.1) is 0 Å². The van der Waals surface area contributed by atoms with Gasteiger partial charge in [0.1, 0.15) is 5.69 Å². The predicted octanol–water partition coefficient (Wildman–Crippen LogP) is 3.17. The van der Waals surface area contributed by atoms with Gasteiger partial charge in [0.25, 0.3) is 5.69 Å². The van der Waals surface area contributed by atoms with Crippen LogP contribution in [0.4, 0.5) is 11.4 Å². The van der Waals surface area contributed by atoms with Gasteiger partial charge in [0.05, 0.1) is 11.0 Å². The van der Waals surface area contributed by atoms with Crippen molar-refractivity contribution in [1.82, 2.24) is 0 Å². The zero-order valence-electron chi connectivity index (χ0n) is 11.7. The lowest BCUT2D eigenvalue weighted by Crippen LogP contribution is -2.16. The van der Waals surface area contributed by atoms with Crippen LogP contribution in [-0.2, 0) is 13.1 Å². The highest BCUT2D eigenvalue weighted by atomic mass is 16.6. The van der Waals surface area contributed by atoms with Gasteiger partial charge in [-0.1, -0.05) is 30.3 Å². The minimum absolute atomic E-state index is 0.0428. The van der Waals surface area contributed by atoms with Crippen molar-refractivity contribution in [2.45, 2.75) is 26.1 Å². The lowest BCUT2D eigenvalue weighted by atomic mass is 10.1. The van der Waals surface area contributed by atoms with Gasteiger partial charge in [-0.2, -0.15) is 0 Å². The van der Waals surface area contributed by atoms with Crippen molar-refractivity contribution in [2.75, 3.05) is 4.90 Å². The molecule has 2 aromatic carbocycles. The van der Waals surface area contributed by atoms with Crippen LogP contribution in [-0.4, -0.2) is 10.0 Å². The molecule has 0 aromatic heterocycles. The van der Waals surface area contributed by atoms with Gasteiger partial charge in [-0.3, -0.25) is 10.1 Å². The summed E-state index contributed by atoms with van der Waals surface area (Å²) in [6, 6.07) is 13.0. The summed E-state index contributed by atoms with van der Waals surface area (Å²) in [6.45, 7) is 2.94. The van der Waals surface area contributed by atoms with E-state index < -0.39 is 6.10 Å². The molecule has 0 radical (unpaired) electrons. The second-order valence-corrected chi connectivity index (χ2v) is 5.31. The Morgan fingerprint density at radius 2 is 1.81 bits per heavy atom. The monoisotopic (exact) mass is 284 g/mol. The number of hydrogen-bond acceptors (Lipinski definition) is 4. The van der Waals surface area contributed by atoms with E-state index >= 15 is 0 Å². The number of aliphatic hydroxyl groups is 1. The van der Waals surface area contributed by atoms with Gasteiger partial charge in [0, 0.05) is 19.2 Å².